The second kappa shape index (κ2) is 6.23. The van der Waals surface area contributed by atoms with Crippen molar-refractivity contribution in [2.24, 2.45) is 11.7 Å². The lowest BCUT2D eigenvalue weighted by atomic mass is 10.1. The van der Waals surface area contributed by atoms with Gasteiger partial charge in [-0.1, -0.05) is 37.0 Å². The van der Waals surface area contributed by atoms with E-state index in [0.717, 1.165) is 27.6 Å². The summed E-state index contributed by atoms with van der Waals surface area (Å²) in [6.07, 6.45) is 0.942. The van der Waals surface area contributed by atoms with E-state index in [1.165, 1.54) is 0 Å². The summed E-state index contributed by atoms with van der Waals surface area (Å²) in [5.74, 6) is 0.559. The van der Waals surface area contributed by atoms with Gasteiger partial charge in [0, 0.05) is 27.0 Å². The maximum absolute atomic E-state index is 6.03. The third-order valence-electron chi connectivity index (χ3n) is 2.67. The van der Waals surface area contributed by atoms with E-state index in [1.807, 2.05) is 12.1 Å². The Kier molecular flexibility index (Phi) is 4.85. The van der Waals surface area contributed by atoms with Gasteiger partial charge in [-0.15, -0.1) is 11.3 Å². The van der Waals surface area contributed by atoms with Crippen molar-refractivity contribution in [1.29, 1.82) is 0 Å². The molecule has 1 aromatic carbocycles. The van der Waals surface area contributed by atoms with Crippen LogP contribution in [0.25, 0.3) is 10.6 Å². The normalized spacial score (nSPS) is 11.3. The molecule has 1 heterocycles. The fraction of sp³-hybridized carbons (Fsp3) is 0.357. The maximum Gasteiger partial charge on any atom is 0.124 e. The van der Waals surface area contributed by atoms with Crippen LogP contribution in [0.15, 0.2) is 18.2 Å². The fourth-order valence-electron chi connectivity index (χ4n) is 1.89. The molecule has 0 fully saturated rings. The van der Waals surface area contributed by atoms with Gasteiger partial charge >= 0.3 is 0 Å². The van der Waals surface area contributed by atoms with Gasteiger partial charge in [0.05, 0.1) is 5.69 Å². The molecular formula is C14H16Cl2N2S. The van der Waals surface area contributed by atoms with Gasteiger partial charge in [-0.3, -0.25) is 0 Å². The Labute approximate surface area is 127 Å². The van der Waals surface area contributed by atoms with Gasteiger partial charge in [-0.05, 0) is 30.5 Å². The first-order chi connectivity index (χ1) is 8.99. The Balaban J connectivity index is 2.42. The zero-order valence-corrected chi connectivity index (χ0v) is 13.2. The molecular weight excluding hydrogens is 299 g/mol. The number of nitrogens with zero attached hydrogens (tertiary/aromatic N) is 1. The third kappa shape index (κ3) is 3.69. The second-order valence-electron chi connectivity index (χ2n) is 4.85. The quantitative estimate of drug-likeness (QED) is 0.882. The third-order valence-corrected chi connectivity index (χ3v) is 4.28. The van der Waals surface area contributed by atoms with Gasteiger partial charge in [0.15, 0.2) is 0 Å². The summed E-state index contributed by atoms with van der Waals surface area (Å²) in [6, 6.07) is 5.48. The monoisotopic (exact) mass is 314 g/mol. The van der Waals surface area contributed by atoms with Gasteiger partial charge in [-0.25, -0.2) is 4.98 Å². The van der Waals surface area contributed by atoms with Crippen LogP contribution in [0.4, 0.5) is 0 Å². The molecule has 2 aromatic rings. The zero-order valence-electron chi connectivity index (χ0n) is 10.9. The van der Waals surface area contributed by atoms with Crippen molar-refractivity contribution in [3.63, 3.8) is 0 Å². The van der Waals surface area contributed by atoms with E-state index in [9.17, 15) is 0 Å². The fourth-order valence-corrected chi connectivity index (χ4v) is 3.37. The minimum Gasteiger partial charge on any atom is -0.326 e. The molecule has 0 saturated carbocycles. The van der Waals surface area contributed by atoms with Crippen LogP contribution in [0, 0.1) is 5.92 Å². The summed E-state index contributed by atoms with van der Waals surface area (Å²) in [4.78, 5) is 5.83. The summed E-state index contributed by atoms with van der Waals surface area (Å²) in [5.41, 5.74) is 7.84. The van der Waals surface area contributed by atoms with E-state index in [-0.39, 0.29) is 0 Å². The predicted molar refractivity (Wildman–Crippen MR) is 84.0 cm³/mol. The maximum atomic E-state index is 6.03. The van der Waals surface area contributed by atoms with Crippen LogP contribution in [-0.2, 0) is 13.0 Å². The Morgan fingerprint density at radius 1 is 1.21 bits per heavy atom. The highest BCUT2D eigenvalue weighted by Crippen LogP contribution is 2.32. The smallest absolute Gasteiger partial charge is 0.124 e. The largest absolute Gasteiger partial charge is 0.326 e. The van der Waals surface area contributed by atoms with Gasteiger partial charge in [0.2, 0.25) is 0 Å². The summed E-state index contributed by atoms with van der Waals surface area (Å²) in [5, 5.41) is 2.18. The lowest BCUT2D eigenvalue weighted by Gasteiger charge is -2.02. The minimum absolute atomic E-state index is 0.522. The second-order valence-corrected chi connectivity index (χ2v) is 6.81. The number of hydrogen-bond donors (Lipinski definition) is 1. The molecule has 2 nitrogen and oxygen atoms in total. The number of rotatable bonds is 4. The first-order valence-corrected chi connectivity index (χ1v) is 7.72. The van der Waals surface area contributed by atoms with Gasteiger partial charge in [0.1, 0.15) is 5.01 Å². The molecule has 0 amide bonds. The molecule has 102 valence electrons. The van der Waals surface area contributed by atoms with E-state index in [0.29, 0.717) is 22.5 Å². The summed E-state index contributed by atoms with van der Waals surface area (Å²) in [6.45, 7) is 4.87. The van der Waals surface area contributed by atoms with Gasteiger partial charge in [0.25, 0.3) is 0 Å². The number of hydrogen-bond acceptors (Lipinski definition) is 3. The summed E-state index contributed by atoms with van der Waals surface area (Å²) < 4.78 is 0. The number of halogens is 2. The standard InChI is InChI=1S/C14H16Cl2N2S/c1-8(2)3-12-13(7-17)19-14(18-12)9-4-10(15)6-11(16)5-9/h4-6,8H,3,7,17H2,1-2H3. The molecule has 0 saturated heterocycles. The van der Waals surface area contributed by atoms with Crippen LogP contribution >= 0.6 is 34.5 Å². The Bertz CT molecular complexity index is 559. The van der Waals surface area contributed by atoms with Crippen molar-refractivity contribution in [3.8, 4) is 10.6 Å². The molecule has 0 bridgehead atoms. The molecule has 0 aliphatic rings. The van der Waals surface area contributed by atoms with E-state index in [2.05, 4.69) is 13.8 Å². The van der Waals surface area contributed by atoms with Gasteiger partial charge < -0.3 is 5.73 Å². The average molecular weight is 315 g/mol. The lowest BCUT2D eigenvalue weighted by Crippen LogP contribution is -2.01. The van der Waals surface area contributed by atoms with Crippen molar-refractivity contribution in [2.45, 2.75) is 26.8 Å². The number of aromatic nitrogens is 1. The molecule has 0 aliphatic carbocycles. The lowest BCUT2D eigenvalue weighted by molar-refractivity contribution is 0.634. The molecule has 0 atom stereocenters. The Morgan fingerprint density at radius 2 is 1.84 bits per heavy atom. The highest BCUT2D eigenvalue weighted by Gasteiger charge is 2.13. The van der Waals surface area contributed by atoms with Crippen molar-refractivity contribution in [1.82, 2.24) is 4.98 Å². The van der Waals surface area contributed by atoms with Crippen LogP contribution in [0.3, 0.4) is 0 Å². The van der Waals surface area contributed by atoms with E-state index in [1.54, 1.807) is 17.4 Å². The molecule has 0 aliphatic heterocycles. The molecule has 0 radical (unpaired) electrons. The molecule has 2 N–H and O–H groups in total. The van der Waals surface area contributed by atoms with Crippen molar-refractivity contribution < 1.29 is 0 Å². The van der Waals surface area contributed by atoms with Crippen molar-refractivity contribution in [3.05, 3.63) is 38.8 Å². The number of nitrogens with two attached hydrogens (primary N) is 1. The van der Waals surface area contributed by atoms with Crippen molar-refractivity contribution in [2.75, 3.05) is 0 Å². The molecule has 5 heteroatoms. The molecule has 0 unspecified atom stereocenters. The van der Waals surface area contributed by atoms with Crippen molar-refractivity contribution >= 4 is 34.5 Å². The van der Waals surface area contributed by atoms with Gasteiger partial charge in [-0.2, -0.15) is 0 Å². The molecule has 19 heavy (non-hydrogen) atoms. The first kappa shape index (κ1) is 14.8. The molecule has 1 aromatic heterocycles. The SMILES string of the molecule is CC(C)Cc1nc(-c2cc(Cl)cc(Cl)c2)sc1CN. The van der Waals surface area contributed by atoms with E-state index >= 15 is 0 Å². The van der Waals surface area contributed by atoms with Crippen LogP contribution in [0.2, 0.25) is 10.0 Å². The number of benzene rings is 1. The average Bonchev–Trinajstić information content (AvgIpc) is 2.70. The summed E-state index contributed by atoms with van der Waals surface area (Å²) >= 11 is 13.7. The van der Waals surface area contributed by atoms with Crippen LogP contribution in [0.1, 0.15) is 24.4 Å². The predicted octanol–water partition coefficient (Wildman–Crippen LogP) is 4.77. The number of thiazole rings is 1. The van der Waals surface area contributed by atoms with E-state index in [4.69, 9.17) is 33.9 Å². The first-order valence-electron chi connectivity index (χ1n) is 6.14. The van der Waals surface area contributed by atoms with E-state index < -0.39 is 0 Å². The highest BCUT2D eigenvalue weighted by atomic mass is 35.5. The molecule has 0 spiro atoms. The Hall–Kier alpha value is -0.610. The molecule has 2 rings (SSSR count). The highest BCUT2D eigenvalue weighted by molar-refractivity contribution is 7.15. The zero-order chi connectivity index (χ0) is 14.0. The van der Waals surface area contributed by atoms with Crippen LogP contribution < -0.4 is 5.73 Å². The van der Waals surface area contributed by atoms with Crippen LogP contribution in [-0.4, -0.2) is 4.98 Å². The Morgan fingerprint density at radius 3 is 2.37 bits per heavy atom. The topological polar surface area (TPSA) is 38.9 Å². The summed E-state index contributed by atoms with van der Waals surface area (Å²) in [7, 11) is 0. The minimum atomic E-state index is 0.522. The van der Waals surface area contributed by atoms with Crippen LogP contribution in [0.5, 0.6) is 0 Å².